The first-order valence-corrected chi connectivity index (χ1v) is 11.1. The first kappa shape index (κ1) is 23.4. The van der Waals surface area contributed by atoms with E-state index >= 15 is 0 Å². The van der Waals surface area contributed by atoms with Crippen molar-refractivity contribution in [1.29, 1.82) is 0 Å². The number of aliphatic carboxylic acids is 1. The molecule has 0 spiro atoms. The van der Waals surface area contributed by atoms with E-state index in [-0.39, 0.29) is 12.5 Å². The second-order valence-corrected chi connectivity index (χ2v) is 8.79. The van der Waals surface area contributed by atoms with Gasteiger partial charge in [0, 0.05) is 54.9 Å². The van der Waals surface area contributed by atoms with E-state index in [4.69, 9.17) is 9.84 Å². The lowest BCUT2D eigenvalue weighted by Crippen LogP contribution is -2.54. The molecular weight excluding hydrogens is 436 g/mol. The summed E-state index contributed by atoms with van der Waals surface area (Å²) >= 11 is 0. The van der Waals surface area contributed by atoms with Crippen molar-refractivity contribution in [3.05, 3.63) is 60.0 Å². The number of ether oxygens (including phenoxy) is 1. The summed E-state index contributed by atoms with van der Waals surface area (Å²) in [6.07, 6.45) is 4.89. The number of β-amino-alcohol motifs (C(OH)–C–C–N with tert-alkyl or cyclic N) is 1. The lowest BCUT2D eigenvalue weighted by molar-refractivity contribution is -0.139. The highest BCUT2D eigenvalue weighted by molar-refractivity contribution is 5.94. The van der Waals surface area contributed by atoms with Crippen LogP contribution in [-0.2, 0) is 4.79 Å². The van der Waals surface area contributed by atoms with Gasteiger partial charge in [0.2, 0.25) is 0 Å². The number of carboxylic acid groups (broad SMARTS) is 1. The maximum atomic E-state index is 13.0. The maximum absolute atomic E-state index is 13.0. The molecule has 2 N–H and O–H groups in total. The molecule has 1 amide bonds. The molecule has 3 aromatic rings. The number of likely N-dealkylation sites (N-methyl/N-ethyl adjacent to an activating group) is 1. The van der Waals surface area contributed by atoms with Gasteiger partial charge in [0.1, 0.15) is 5.75 Å². The molecule has 1 unspecified atom stereocenters. The number of piperidine rings is 1. The molecule has 0 radical (unpaired) electrons. The van der Waals surface area contributed by atoms with Crippen molar-refractivity contribution in [3.8, 4) is 5.75 Å². The molecule has 1 atom stereocenters. The van der Waals surface area contributed by atoms with E-state index in [2.05, 4.69) is 14.9 Å². The van der Waals surface area contributed by atoms with Crippen LogP contribution in [0.25, 0.3) is 10.9 Å². The molecule has 0 saturated carbocycles. The fraction of sp³-hybridized carbons (Fsp3) is 0.360. The molecule has 1 aromatic carbocycles. The van der Waals surface area contributed by atoms with Crippen LogP contribution >= 0.6 is 0 Å². The van der Waals surface area contributed by atoms with Gasteiger partial charge >= 0.3 is 5.97 Å². The number of aromatic nitrogens is 2. The summed E-state index contributed by atoms with van der Waals surface area (Å²) < 4.78 is 5.11. The fourth-order valence-corrected chi connectivity index (χ4v) is 4.46. The Morgan fingerprint density at radius 3 is 2.74 bits per heavy atom. The molecule has 2 aromatic heterocycles. The van der Waals surface area contributed by atoms with Crippen LogP contribution in [0, 0.1) is 6.92 Å². The number of carbonyl (C=O) groups is 2. The number of anilines is 1. The molecule has 1 saturated heterocycles. The Morgan fingerprint density at radius 2 is 2.00 bits per heavy atom. The Kier molecular flexibility index (Phi) is 6.65. The minimum absolute atomic E-state index is 0.180. The van der Waals surface area contributed by atoms with E-state index < -0.39 is 18.2 Å². The number of carbonyl (C=O) groups excluding carboxylic acids is 1. The molecule has 1 aliphatic rings. The van der Waals surface area contributed by atoms with Crippen molar-refractivity contribution in [2.24, 2.45) is 0 Å². The van der Waals surface area contributed by atoms with E-state index in [0.29, 0.717) is 24.3 Å². The molecule has 0 aliphatic carbocycles. The number of carboxylic acids is 1. The van der Waals surface area contributed by atoms with E-state index in [1.54, 1.807) is 43.7 Å². The van der Waals surface area contributed by atoms with Crippen LogP contribution in [0.1, 0.15) is 28.9 Å². The van der Waals surface area contributed by atoms with Crippen molar-refractivity contribution in [2.75, 3.05) is 38.2 Å². The van der Waals surface area contributed by atoms with E-state index in [1.165, 1.54) is 4.90 Å². The Balaban J connectivity index is 1.46. The van der Waals surface area contributed by atoms with Crippen molar-refractivity contribution < 1.29 is 24.5 Å². The minimum atomic E-state index is -1.07. The SMILES string of the molecule is Cc1cc(N2CCCC(O)(CN(C)C(=O)c3ccc(OCC(=O)O)cc3)C2)c2cnccc2n1. The molecule has 1 fully saturated rings. The number of hydrogen-bond donors (Lipinski definition) is 2. The van der Waals surface area contributed by atoms with Crippen LogP contribution in [0.5, 0.6) is 5.75 Å². The number of pyridine rings is 2. The standard InChI is InChI=1S/C25H28N4O5/c1-17-12-22(20-13-26-10-8-21(20)27-17)29-11-3-9-25(33,16-29)15-28(2)24(32)18-4-6-19(7-5-18)34-14-23(30)31/h4-8,10,12-13,33H,3,9,11,14-16H2,1-2H3,(H,30,31). The highest BCUT2D eigenvalue weighted by Crippen LogP contribution is 2.32. The van der Waals surface area contributed by atoms with Gasteiger partial charge in [0.15, 0.2) is 6.61 Å². The summed E-state index contributed by atoms with van der Waals surface area (Å²) in [5, 5.41) is 21.1. The maximum Gasteiger partial charge on any atom is 0.341 e. The average Bonchev–Trinajstić information content (AvgIpc) is 2.81. The van der Waals surface area contributed by atoms with Crippen LogP contribution in [0.3, 0.4) is 0 Å². The lowest BCUT2D eigenvalue weighted by atomic mass is 9.91. The molecule has 1 aliphatic heterocycles. The Labute approximate surface area is 197 Å². The Hall–Kier alpha value is -3.72. The molecule has 0 bridgehead atoms. The van der Waals surface area contributed by atoms with Gasteiger partial charge in [0.25, 0.3) is 5.91 Å². The van der Waals surface area contributed by atoms with Crippen LogP contribution in [0.2, 0.25) is 0 Å². The molecule has 9 nitrogen and oxygen atoms in total. The number of aliphatic hydroxyl groups is 1. The molecule has 178 valence electrons. The summed E-state index contributed by atoms with van der Waals surface area (Å²) in [5.41, 5.74) is 2.11. The van der Waals surface area contributed by atoms with Crippen LogP contribution in [-0.4, -0.2) is 75.8 Å². The molecule has 4 rings (SSSR count). The van der Waals surface area contributed by atoms with Crippen LogP contribution < -0.4 is 9.64 Å². The number of nitrogens with zero attached hydrogens (tertiary/aromatic N) is 4. The smallest absolute Gasteiger partial charge is 0.341 e. The van der Waals surface area contributed by atoms with Gasteiger partial charge in [-0.05, 0) is 56.2 Å². The molecule has 34 heavy (non-hydrogen) atoms. The van der Waals surface area contributed by atoms with E-state index in [1.807, 2.05) is 19.1 Å². The zero-order chi connectivity index (χ0) is 24.3. The summed E-state index contributed by atoms with van der Waals surface area (Å²) in [6, 6.07) is 10.2. The lowest BCUT2D eigenvalue weighted by Gasteiger charge is -2.42. The quantitative estimate of drug-likeness (QED) is 0.548. The van der Waals surface area contributed by atoms with Gasteiger partial charge in [-0.1, -0.05) is 0 Å². The van der Waals surface area contributed by atoms with Gasteiger partial charge in [-0.2, -0.15) is 0 Å². The van der Waals surface area contributed by atoms with Crippen molar-refractivity contribution in [2.45, 2.75) is 25.4 Å². The summed E-state index contributed by atoms with van der Waals surface area (Å²) in [6.45, 7) is 2.87. The second-order valence-electron chi connectivity index (χ2n) is 8.79. The third-order valence-electron chi connectivity index (χ3n) is 5.95. The van der Waals surface area contributed by atoms with Crippen molar-refractivity contribution >= 4 is 28.5 Å². The summed E-state index contributed by atoms with van der Waals surface area (Å²) in [4.78, 5) is 36.1. The first-order chi connectivity index (χ1) is 16.2. The normalized spacial score (nSPS) is 18.0. The predicted molar refractivity (Wildman–Crippen MR) is 127 cm³/mol. The third-order valence-corrected chi connectivity index (χ3v) is 5.95. The van der Waals surface area contributed by atoms with E-state index in [0.717, 1.165) is 35.2 Å². The highest BCUT2D eigenvalue weighted by atomic mass is 16.5. The average molecular weight is 465 g/mol. The largest absolute Gasteiger partial charge is 0.482 e. The monoisotopic (exact) mass is 464 g/mol. The number of benzene rings is 1. The highest BCUT2D eigenvalue weighted by Gasteiger charge is 2.36. The number of fused-ring (bicyclic) bond motifs is 1. The molecular formula is C25H28N4O5. The van der Waals surface area contributed by atoms with Gasteiger partial charge < -0.3 is 24.7 Å². The van der Waals surface area contributed by atoms with E-state index in [9.17, 15) is 14.7 Å². The number of hydrogen-bond acceptors (Lipinski definition) is 7. The second kappa shape index (κ2) is 9.64. The van der Waals surface area contributed by atoms with Gasteiger partial charge in [-0.3, -0.25) is 14.8 Å². The minimum Gasteiger partial charge on any atom is -0.482 e. The van der Waals surface area contributed by atoms with Gasteiger partial charge in [-0.15, -0.1) is 0 Å². The van der Waals surface area contributed by atoms with Gasteiger partial charge in [0.05, 0.1) is 17.7 Å². The molecule has 9 heteroatoms. The van der Waals surface area contributed by atoms with Crippen molar-refractivity contribution in [3.63, 3.8) is 0 Å². The van der Waals surface area contributed by atoms with Gasteiger partial charge in [-0.25, -0.2) is 4.79 Å². The first-order valence-electron chi connectivity index (χ1n) is 11.1. The molecule has 3 heterocycles. The zero-order valence-corrected chi connectivity index (χ0v) is 19.3. The predicted octanol–water partition coefficient (Wildman–Crippen LogP) is 2.51. The number of rotatable bonds is 7. The zero-order valence-electron chi connectivity index (χ0n) is 19.3. The summed E-state index contributed by atoms with van der Waals surface area (Å²) in [5.74, 6) is -0.928. The Bertz CT molecular complexity index is 1200. The van der Waals surface area contributed by atoms with Crippen molar-refractivity contribution in [1.82, 2.24) is 14.9 Å². The number of amides is 1. The number of aryl methyl sites for hydroxylation is 1. The summed E-state index contributed by atoms with van der Waals surface area (Å²) in [7, 11) is 1.67. The van der Waals surface area contributed by atoms with Crippen LogP contribution in [0.4, 0.5) is 5.69 Å². The fourth-order valence-electron chi connectivity index (χ4n) is 4.46. The third kappa shape index (κ3) is 5.26. The Morgan fingerprint density at radius 1 is 1.24 bits per heavy atom. The topological polar surface area (TPSA) is 116 Å². The van der Waals surface area contributed by atoms with Crippen LogP contribution in [0.15, 0.2) is 48.8 Å².